The van der Waals surface area contributed by atoms with Crippen LogP contribution in [0.25, 0.3) is 0 Å². The molecule has 0 saturated heterocycles. The minimum absolute atomic E-state index is 0.439. The first-order valence-electron chi connectivity index (χ1n) is 6.92. The van der Waals surface area contributed by atoms with Crippen LogP contribution in [0.1, 0.15) is 47.9 Å². The van der Waals surface area contributed by atoms with E-state index in [-0.39, 0.29) is 0 Å². The molecule has 1 aromatic rings. The number of aryl methyl sites for hydroxylation is 2. The number of nitrogens with zero attached hydrogens (tertiary/aromatic N) is 1. The van der Waals surface area contributed by atoms with Crippen molar-refractivity contribution in [1.82, 2.24) is 0 Å². The summed E-state index contributed by atoms with van der Waals surface area (Å²) in [6, 6.07) is 1.68. The summed E-state index contributed by atoms with van der Waals surface area (Å²) >= 11 is 0. The maximum atomic E-state index is 11.8. The lowest BCUT2D eigenvalue weighted by Crippen LogP contribution is -2.13. The summed E-state index contributed by atoms with van der Waals surface area (Å²) in [5, 5.41) is 7.87. The van der Waals surface area contributed by atoms with Crippen molar-refractivity contribution in [1.29, 1.82) is 0 Å². The number of rotatable bonds is 1. The van der Waals surface area contributed by atoms with Gasteiger partial charge in [0.2, 0.25) is 0 Å². The van der Waals surface area contributed by atoms with E-state index in [1.807, 2.05) is 0 Å². The maximum absolute atomic E-state index is 11.8. The Labute approximate surface area is 120 Å². The van der Waals surface area contributed by atoms with Crippen LogP contribution in [0.4, 0.5) is 10.5 Å². The first kappa shape index (κ1) is 13.6. The predicted molar refractivity (Wildman–Crippen MR) is 78.9 cm³/mol. The topological polar surface area (TPSA) is 84.6 Å². The lowest BCUT2D eigenvalue weighted by atomic mass is 9.95. The molecule has 0 saturated carbocycles. The zero-order valence-electron chi connectivity index (χ0n) is 11.4. The fourth-order valence-corrected chi connectivity index (χ4v) is 3.67. The van der Waals surface area contributed by atoms with Crippen molar-refractivity contribution in [2.24, 2.45) is 9.50 Å². The fraction of sp³-hybridized carbons (Fsp3) is 0.500. The Bertz CT molecular complexity index is 663. The van der Waals surface area contributed by atoms with Crippen LogP contribution in [0.5, 0.6) is 0 Å². The molecular formula is C14H18N3O2S-. The Balaban J connectivity index is 2.07. The Hall–Kier alpha value is -1.40. The molecule has 2 aliphatic carbocycles. The number of fused-ring (bicyclic) bond motifs is 2. The lowest BCUT2D eigenvalue weighted by Gasteiger charge is -2.17. The highest BCUT2D eigenvalue weighted by molar-refractivity contribution is 7.72. The molecule has 6 heteroatoms. The molecule has 20 heavy (non-hydrogen) atoms. The average molecular weight is 292 g/mol. The molecule has 0 bridgehead atoms. The summed E-state index contributed by atoms with van der Waals surface area (Å²) in [7, 11) is -1.96. The van der Waals surface area contributed by atoms with Crippen LogP contribution < -0.4 is 10.5 Å². The number of urea groups is 1. The molecule has 0 heterocycles. The molecule has 3 rings (SSSR count). The predicted octanol–water partition coefficient (Wildman–Crippen LogP) is 2.78. The largest absolute Gasteiger partial charge is 0.430 e. The number of carbonyl (C=O) groups excluding carboxylic acids is 1. The monoisotopic (exact) mass is 292 g/mol. The quantitative estimate of drug-likeness (QED) is 0.780. The molecule has 1 aromatic carbocycles. The van der Waals surface area contributed by atoms with Crippen molar-refractivity contribution in [3.05, 3.63) is 28.3 Å². The van der Waals surface area contributed by atoms with Gasteiger partial charge in [0.25, 0.3) is 0 Å². The second-order valence-corrected chi connectivity index (χ2v) is 6.29. The van der Waals surface area contributed by atoms with Gasteiger partial charge >= 0.3 is 6.03 Å². The van der Waals surface area contributed by atoms with Gasteiger partial charge in [-0.2, -0.15) is 0 Å². The lowest BCUT2D eigenvalue weighted by molar-refractivity contribution is 0.260. The Kier molecular flexibility index (Phi) is 3.52. The molecule has 1 unspecified atom stereocenters. The van der Waals surface area contributed by atoms with E-state index in [9.17, 15) is 9.00 Å². The van der Waals surface area contributed by atoms with E-state index in [4.69, 9.17) is 5.14 Å². The smallest absolute Gasteiger partial charge is 0.323 e. The van der Waals surface area contributed by atoms with Gasteiger partial charge in [0.15, 0.2) is 0 Å². The minimum atomic E-state index is -1.96. The number of carbonyl (C=O) groups is 1. The molecule has 0 aliphatic heterocycles. The summed E-state index contributed by atoms with van der Waals surface area (Å²) < 4.78 is 14.2. The van der Waals surface area contributed by atoms with Crippen LogP contribution in [0.3, 0.4) is 0 Å². The van der Waals surface area contributed by atoms with Crippen molar-refractivity contribution in [2.45, 2.75) is 44.9 Å². The maximum Gasteiger partial charge on any atom is 0.323 e. The third kappa shape index (κ3) is 2.33. The number of anilines is 1. The molecule has 0 aromatic heterocycles. The van der Waals surface area contributed by atoms with E-state index in [0.717, 1.165) is 37.8 Å². The normalized spacial score (nSPS) is 21.6. The van der Waals surface area contributed by atoms with Gasteiger partial charge in [-0.25, -0.2) is 4.79 Å². The molecule has 108 valence electrons. The third-order valence-corrected chi connectivity index (χ3v) is 4.62. The van der Waals surface area contributed by atoms with E-state index in [0.29, 0.717) is 5.92 Å². The van der Waals surface area contributed by atoms with Gasteiger partial charge in [0.05, 0.1) is 0 Å². The van der Waals surface area contributed by atoms with Crippen molar-refractivity contribution >= 4 is 22.5 Å². The van der Waals surface area contributed by atoms with E-state index in [1.165, 1.54) is 22.3 Å². The van der Waals surface area contributed by atoms with Gasteiger partial charge in [0, 0.05) is 5.69 Å². The number of nitrogens with one attached hydrogen (secondary N) is 1. The van der Waals surface area contributed by atoms with Crippen LogP contribution in [0.15, 0.2) is 10.4 Å². The van der Waals surface area contributed by atoms with E-state index in [1.54, 1.807) is 0 Å². The van der Waals surface area contributed by atoms with Crippen molar-refractivity contribution in [2.75, 3.05) is 5.32 Å². The molecule has 0 fully saturated rings. The summed E-state index contributed by atoms with van der Waals surface area (Å²) in [6.45, 7) is 2.18. The third-order valence-electron chi connectivity index (χ3n) is 4.27. The molecule has 2 amide bonds. The minimum Gasteiger partial charge on any atom is -0.430 e. The van der Waals surface area contributed by atoms with Gasteiger partial charge in [-0.15, -0.1) is 10.8 Å². The number of nitrogens with two attached hydrogens (primary N) is 1. The second kappa shape index (κ2) is 5.18. The van der Waals surface area contributed by atoms with Crippen LogP contribution in [0, 0.1) is 0 Å². The molecule has 5 nitrogen and oxygen atoms in total. The van der Waals surface area contributed by atoms with Crippen LogP contribution in [-0.4, -0.2) is 6.03 Å². The number of hydrogen-bond acceptors (Lipinski definition) is 3. The Morgan fingerprint density at radius 1 is 1.40 bits per heavy atom. The molecule has 2 aliphatic rings. The molecule has 1 atom stereocenters. The average Bonchev–Trinajstić information content (AvgIpc) is 2.95. The zero-order chi connectivity index (χ0) is 14.3. The van der Waals surface area contributed by atoms with Crippen molar-refractivity contribution < 1.29 is 9.00 Å². The zero-order valence-corrected chi connectivity index (χ0v) is 12.3. The number of benzene rings is 1. The summed E-state index contributed by atoms with van der Waals surface area (Å²) in [6.07, 6.45) is 5.35. The number of hydrogen-bond donors (Lipinski definition) is 2. The van der Waals surface area contributed by atoms with Gasteiger partial charge in [-0.3, -0.25) is 0 Å². The molecular weight excluding hydrogens is 274 g/mol. The summed E-state index contributed by atoms with van der Waals surface area (Å²) in [5.41, 5.74) is 6.03. The number of amides is 2. The van der Waals surface area contributed by atoms with E-state index >= 15 is 0 Å². The highest BCUT2D eigenvalue weighted by atomic mass is 32.2. The van der Waals surface area contributed by atoms with Crippen LogP contribution in [-0.2, 0) is 34.3 Å². The van der Waals surface area contributed by atoms with Gasteiger partial charge < -0.3 is 19.0 Å². The highest BCUT2D eigenvalue weighted by Gasteiger charge is 2.28. The summed E-state index contributed by atoms with van der Waals surface area (Å²) in [4.78, 5) is 11.8. The van der Waals surface area contributed by atoms with Crippen molar-refractivity contribution in [3.63, 3.8) is 0 Å². The van der Waals surface area contributed by atoms with Crippen LogP contribution >= 0.6 is 0 Å². The molecule has 0 spiro atoms. The first-order valence-corrected chi connectivity index (χ1v) is 8.09. The van der Waals surface area contributed by atoms with E-state index in [2.05, 4.69) is 22.7 Å². The summed E-state index contributed by atoms with van der Waals surface area (Å²) in [5.74, 6) is 0.439. The highest BCUT2D eigenvalue weighted by Crippen LogP contribution is 2.43. The second-order valence-electron chi connectivity index (χ2n) is 5.55. The SMILES string of the molecule is CC1CCc2cc3c(c(NC(=O)N=[S-](N)=O)c21)CCC3. The standard InChI is InChI=1S/C14H18N3O2S/c1-8-5-6-10-7-9-3-2-4-11(9)13(12(8)10)16-14(18)17-20(15)19/h7-8H,2-6H2,1H3,(H3,15,16,17,18,19)/q-1. The fourth-order valence-electron chi connectivity index (χ4n) is 3.46. The van der Waals surface area contributed by atoms with Gasteiger partial charge in [-0.05, 0) is 60.3 Å². The molecule has 0 radical (unpaired) electrons. The van der Waals surface area contributed by atoms with Crippen LogP contribution in [0.2, 0.25) is 0 Å². The van der Waals surface area contributed by atoms with Crippen molar-refractivity contribution in [3.8, 4) is 0 Å². The molecule has 3 N–H and O–H groups in total. The first-order chi connectivity index (χ1) is 9.56. The van der Waals surface area contributed by atoms with Gasteiger partial charge in [0.1, 0.15) is 0 Å². The van der Waals surface area contributed by atoms with E-state index < -0.39 is 16.8 Å². The van der Waals surface area contributed by atoms with Gasteiger partial charge in [-0.1, -0.05) is 13.0 Å². The Morgan fingerprint density at radius 3 is 2.95 bits per heavy atom. The Morgan fingerprint density at radius 2 is 2.20 bits per heavy atom.